The summed E-state index contributed by atoms with van der Waals surface area (Å²) in [5, 5.41) is 32.7. The van der Waals surface area contributed by atoms with Crippen LogP contribution in [0.25, 0.3) is 10.4 Å². The Morgan fingerprint density at radius 2 is 1.09 bits per heavy atom. The molecule has 6 aliphatic heterocycles. The predicted octanol–water partition coefficient (Wildman–Crippen LogP) is 5.47. The molecule has 5 fully saturated rings. The van der Waals surface area contributed by atoms with Gasteiger partial charge in [0.2, 0.25) is 5.24 Å². The van der Waals surface area contributed by atoms with Gasteiger partial charge in [-0.15, -0.1) is 0 Å². The fourth-order valence-electron chi connectivity index (χ4n) is 6.69. The Bertz CT molecular complexity index is 2180. The maximum absolute atomic E-state index is 11.7. The molecule has 0 unspecified atom stereocenters. The SMILES string of the molecule is C1=CCOC1.CC(C)(C)OC(=O)N[C@H]1COC[C@H]1O.N[C@H]1COC[C@H]1O.O=C(Cc1ccccc1)O[C@@H]1COC[C@H]1Br.O=C(Cl)Cc1ccccc1.O[C@@H]1COC[C@H]1Br.[N-]=[N+]=N[C@H]1COC[C@H]1OC(=O)Cc1ccccc1. The van der Waals surface area contributed by atoms with E-state index in [4.69, 9.17) is 75.7 Å². The molecule has 21 nitrogen and oxygen atoms in total. The zero-order valence-corrected chi connectivity index (χ0v) is 47.3. The number of benzene rings is 3. The highest BCUT2D eigenvalue weighted by molar-refractivity contribution is 9.09. The molecule has 0 radical (unpaired) electrons. The number of nitrogens with two attached hydrogens (primary N) is 1. The minimum absolute atomic E-state index is 0.118. The zero-order valence-electron chi connectivity index (χ0n) is 43.4. The molecule has 6 N–H and O–H groups in total. The first kappa shape index (κ1) is 66.7. The summed E-state index contributed by atoms with van der Waals surface area (Å²) in [4.78, 5) is 48.0. The Balaban J connectivity index is 0.000000245. The molecule has 3 aromatic carbocycles. The van der Waals surface area contributed by atoms with Crippen molar-refractivity contribution in [2.24, 2.45) is 10.8 Å². The molecule has 0 saturated carbocycles. The van der Waals surface area contributed by atoms with Gasteiger partial charge < -0.3 is 69.0 Å². The smallest absolute Gasteiger partial charge is 0.408 e. The van der Waals surface area contributed by atoms with Crippen molar-refractivity contribution in [1.82, 2.24) is 5.32 Å². The summed E-state index contributed by atoms with van der Waals surface area (Å²) < 4.78 is 45.4. The molecule has 9 rings (SSSR count). The van der Waals surface area contributed by atoms with Gasteiger partial charge in [0.1, 0.15) is 23.9 Å². The third-order valence-electron chi connectivity index (χ3n) is 10.7. The van der Waals surface area contributed by atoms with Gasteiger partial charge in [-0.25, -0.2) is 4.79 Å². The number of nitrogens with zero attached hydrogens (tertiary/aromatic N) is 3. The average Bonchev–Trinajstić information content (AvgIpc) is 4.29. The van der Waals surface area contributed by atoms with Crippen LogP contribution in [-0.2, 0) is 76.3 Å². The van der Waals surface area contributed by atoms with Gasteiger partial charge in [0, 0.05) is 11.3 Å². The first-order chi connectivity index (χ1) is 36.8. The van der Waals surface area contributed by atoms with Crippen molar-refractivity contribution in [3.63, 3.8) is 0 Å². The standard InChI is InChI=1S/C12H13BrO3.C12H13N3O3.C9H17NO4.C8H7ClO.C4H7BrO2.C4H9NO2.C4H6O/c13-10-7-15-8-11(10)16-12(14)6-9-4-2-1-3-5-9;13-15-14-10-7-17-8-11(10)18-12(16)6-9-4-2-1-3-5-9;1-9(2,3)14-8(12)10-6-4-13-5-7(6)11;9-8(10)6-7-4-2-1-3-5-7;2*5-3-1-7-2-4(3)6;1-2-4-5-3-1/h1-5,10-11H,6-8H2;1-5,10-11H,6-8H2;6-7,11H,4-5H2,1-3H3,(H,10,12);1-5H,6H2;3-4,6H,1-2H2;3-4,6H,1-2,5H2;1-2H,3-4H2/t10-,11-;10-,11+;6-,7+;;3-,4-;3-,4+;/m100.10./s1. The maximum atomic E-state index is 11.7. The monoisotopic (exact) mass is 1230 g/mol. The molecular formula is C53H72Br2ClN5O16. The molecule has 10 atom stereocenters. The van der Waals surface area contributed by atoms with Crippen molar-refractivity contribution >= 4 is 66.7 Å². The third kappa shape index (κ3) is 30.4. The number of aliphatic hydroxyl groups excluding tert-OH is 3. The van der Waals surface area contributed by atoms with Crippen molar-refractivity contribution in [1.29, 1.82) is 0 Å². The van der Waals surface area contributed by atoms with Crippen LogP contribution in [0.5, 0.6) is 0 Å². The van der Waals surface area contributed by atoms with Gasteiger partial charge in [-0.2, -0.15) is 0 Å². The van der Waals surface area contributed by atoms with Gasteiger partial charge >= 0.3 is 18.0 Å². The average molecular weight is 1230 g/mol. The highest BCUT2D eigenvalue weighted by Gasteiger charge is 2.32. The highest BCUT2D eigenvalue weighted by Crippen LogP contribution is 2.19. The lowest BCUT2D eigenvalue weighted by molar-refractivity contribution is -0.149. The molecule has 3 aromatic rings. The summed E-state index contributed by atoms with van der Waals surface area (Å²) in [6.07, 6.45) is 2.36. The van der Waals surface area contributed by atoms with Crippen molar-refractivity contribution < 1.29 is 77.1 Å². The van der Waals surface area contributed by atoms with Gasteiger partial charge in [-0.1, -0.05) is 140 Å². The summed E-state index contributed by atoms with van der Waals surface area (Å²) in [6, 6.07) is 27.4. The van der Waals surface area contributed by atoms with E-state index in [0.29, 0.717) is 65.7 Å². The topological polar surface area (TPSA) is 299 Å². The van der Waals surface area contributed by atoms with E-state index in [0.717, 1.165) is 29.9 Å². The Kier molecular flexibility index (Phi) is 33.0. The molecule has 1 amide bonds. The van der Waals surface area contributed by atoms with Crippen LogP contribution in [0.4, 0.5) is 4.79 Å². The number of hydrogen-bond acceptors (Lipinski definition) is 18. The summed E-state index contributed by atoms with van der Waals surface area (Å²) in [6.45, 7) is 11.3. The van der Waals surface area contributed by atoms with Crippen LogP contribution in [0.15, 0.2) is 108 Å². The van der Waals surface area contributed by atoms with Crippen LogP contribution in [0, 0.1) is 0 Å². The van der Waals surface area contributed by atoms with Crippen molar-refractivity contribution in [3.8, 4) is 0 Å². The lowest BCUT2D eigenvalue weighted by Gasteiger charge is -2.22. The molecular weight excluding hydrogens is 1160 g/mol. The Hall–Kier alpha value is -4.56. The molecule has 24 heteroatoms. The van der Waals surface area contributed by atoms with Crippen LogP contribution in [0.3, 0.4) is 0 Å². The number of hydrogen-bond donors (Lipinski definition) is 5. The van der Waals surface area contributed by atoms with E-state index in [9.17, 15) is 24.3 Å². The van der Waals surface area contributed by atoms with Crippen LogP contribution in [-0.4, -0.2) is 182 Å². The van der Waals surface area contributed by atoms with E-state index >= 15 is 0 Å². The number of rotatable bonds is 10. The molecule has 6 aliphatic rings. The Labute approximate surface area is 471 Å². The van der Waals surface area contributed by atoms with Crippen molar-refractivity contribution in [2.45, 2.75) is 104 Å². The van der Waals surface area contributed by atoms with Gasteiger partial charge in [-0.05, 0) is 54.6 Å². The summed E-state index contributed by atoms with van der Waals surface area (Å²) in [7, 11) is 0. The number of nitrogens with one attached hydrogen (secondary N) is 1. The highest BCUT2D eigenvalue weighted by atomic mass is 79.9. The normalized spacial score (nSPS) is 25.4. The molecule has 0 bridgehead atoms. The number of alkyl carbamates (subject to hydrolysis) is 1. The number of ether oxygens (including phenoxy) is 9. The maximum Gasteiger partial charge on any atom is 0.408 e. The molecule has 0 aliphatic carbocycles. The Morgan fingerprint density at radius 3 is 1.45 bits per heavy atom. The van der Waals surface area contributed by atoms with Crippen LogP contribution in [0.1, 0.15) is 37.5 Å². The number of carbonyl (C=O) groups is 4. The first-order valence-electron chi connectivity index (χ1n) is 24.8. The molecule has 6 heterocycles. The second-order valence-electron chi connectivity index (χ2n) is 18.5. The van der Waals surface area contributed by atoms with Gasteiger partial charge in [-0.3, -0.25) is 14.4 Å². The van der Waals surface area contributed by atoms with E-state index in [1.807, 2.05) is 103 Å². The minimum Gasteiger partial charge on any atom is -0.459 e. The summed E-state index contributed by atoms with van der Waals surface area (Å²) in [5.74, 6) is -0.541. The third-order valence-corrected chi connectivity index (χ3v) is 12.6. The predicted molar refractivity (Wildman–Crippen MR) is 293 cm³/mol. The zero-order chi connectivity index (χ0) is 56.4. The molecule has 426 valence electrons. The summed E-state index contributed by atoms with van der Waals surface area (Å²) >= 11 is 11.8. The number of amides is 1. The van der Waals surface area contributed by atoms with E-state index in [-0.39, 0.29) is 70.8 Å². The fraction of sp³-hybridized carbons (Fsp3) is 0.547. The largest absolute Gasteiger partial charge is 0.459 e. The van der Waals surface area contributed by atoms with Crippen LogP contribution < -0.4 is 11.1 Å². The lowest BCUT2D eigenvalue weighted by Crippen LogP contribution is -2.44. The number of esters is 2. The van der Waals surface area contributed by atoms with E-state index < -0.39 is 36.0 Å². The minimum atomic E-state index is -0.637. The molecule has 0 spiro atoms. The first-order valence-corrected chi connectivity index (χ1v) is 27.0. The van der Waals surface area contributed by atoms with Gasteiger partial charge in [0.15, 0.2) is 0 Å². The molecule has 0 aromatic heterocycles. The number of aliphatic hydroxyl groups is 3. The van der Waals surface area contributed by atoms with Gasteiger partial charge in [0.25, 0.3) is 0 Å². The number of carbonyl (C=O) groups excluding carboxylic acids is 4. The van der Waals surface area contributed by atoms with Crippen molar-refractivity contribution in [2.75, 3.05) is 79.3 Å². The number of alkyl halides is 2. The van der Waals surface area contributed by atoms with E-state index in [1.165, 1.54) is 0 Å². The van der Waals surface area contributed by atoms with Crippen molar-refractivity contribution in [3.05, 3.63) is 130 Å². The molecule has 5 saturated heterocycles. The second-order valence-corrected chi connectivity index (χ2v) is 21.3. The quantitative estimate of drug-likeness (QED) is 0.0246. The number of halogens is 3. The second kappa shape index (κ2) is 38.1. The van der Waals surface area contributed by atoms with Gasteiger partial charge in [0.05, 0.1) is 132 Å². The van der Waals surface area contributed by atoms with E-state index in [2.05, 4.69) is 47.2 Å². The fourth-order valence-corrected chi connectivity index (χ4v) is 7.63. The lowest BCUT2D eigenvalue weighted by atomic mass is 10.1. The number of azide groups is 1. The van der Waals surface area contributed by atoms with Crippen LogP contribution >= 0.6 is 43.5 Å². The molecule has 77 heavy (non-hydrogen) atoms. The van der Waals surface area contributed by atoms with E-state index in [1.54, 1.807) is 20.8 Å². The summed E-state index contributed by atoms with van der Waals surface area (Å²) in [5.41, 5.74) is 16.0. The Morgan fingerprint density at radius 1 is 0.636 bits per heavy atom. The van der Waals surface area contributed by atoms with Crippen LogP contribution in [0.2, 0.25) is 0 Å².